The Bertz CT molecular complexity index is 674. The van der Waals surface area contributed by atoms with Gasteiger partial charge in [-0.25, -0.2) is 4.98 Å². The molecule has 5 nitrogen and oxygen atoms in total. The second-order valence-electron chi connectivity index (χ2n) is 9.95. The second kappa shape index (κ2) is 7.81. The first kappa shape index (κ1) is 18.7. The summed E-state index contributed by atoms with van der Waals surface area (Å²) < 4.78 is 2.20. The number of amides is 1. The summed E-state index contributed by atoms with van der Waals surface area (Å²) in [5.41, 5.74) is 1.06. The van der Waals surface area contributed by atoms with E-state index in [1.54, 1.807) is 0 Å². The lowest BCUT2D eigenvalue weighted by molar-refractivity contribution is 0.0710. The van der Waals surface area contributed by atoms with E-state index >= 15 is 0 Å². The number of likely N-dealkylation sites (tertiary alicyclic amines) is 2. The van der Waals surface area contributed by atoms with Crippen molar-refractivity contribution in [2.24, 2.45) is 11.3 Å². The number of aryl methyl sites for hydroxylation is 2. The van der Waals surface area contributed by atoms with Crippen molar-refractivity contribution in [3.63, 3.8) is 0 Å². The van der Waals surface area contributed by atoms with Crippen LogP contribution in [-0.2, 0) is 13.0 Å². The molecule has 2 saturated heterocycles. The molecule has 5 heteroatoms. The van der Waals surface area contributed by atoms with Crippen molar-refractivity contribution >= 4 is 5.91 Å². The number of carbonyl (C=O) groups excluding carboxylic acids is 1. The van der Waals surface area contributed by atoms with Gasteiger partial charge in [0.05, 0.1) is 0 Å². The third-order valence-corrected chi connectivity index (χ3v) is 8.10. The molecule has 5 rings (SSSR count). The Morgan fingerprint density at radius 2 is 1.82 bits per heavy atom. The molecule has 4 heterocycles. The van der Waals surface area contributed by atoms with Crippen molar-refractivity contribution in [3.05, 3.63) is 17.7 Å². The van der Waals surface area contributed by atoms with E-state index in [4.69, 9.17) is 0 Å². The third-order valence-electron chi connectivity index (χ3n) is 8.10. The number of fused-ring (bicyclic) bond motifs is 1. The van der Waals surface area contributed by atoms with Gasteiger partial charge < -0.3 is 14.4 Å². The summed E-state index contributed by atoms with van der Waals surface area (Å²) in [5, 5.41) is 0. The quantitative estimate of drug-likeness (QED) is 0.794. The number of imidazole rings is 1. The highest BCUT2D eigenvalue weighted by molar-refractivity contribution is 5.92. The van der Waals surface area contributed by atoms with E-state index in [-0.39, 0.29) is 5.91 Å². The van der Waals surface area contributed by atoms with Crippen molar-refractivity contribution in [3.8, 4) is 0 Å². The van der Waals surface area contributed by atoms with Crippen LogP contribution in [0.5, 0.6) is 0 Å². The van der Waals surface area contributed by atoms with Crippen LogP contribution in [0.3, 0.4) is 0 Å². The summed E-state index contributed by atoms with van der Waals surface area (Å²) >= 11 is 0. The van der Waals surface area contributed by atoms with Gasteiger partial charge in [-0.05, 0) is 69.5 Å². The first-order chi connectivity index (χ1) is 13.7. The van der Waals surface area contributed by atoms with E-state index in [0.717, 1.165) is 37.8 Å². The molecule has 0 atom stereocenters. The van der Waals surface area contributed by atoms with E-state index in [9.17, 15) is 4.79 Å². The molecule has 0 bridgehead atoms. The summed E-state index contributed by atoms with van der Waals surface area (Å²) in [5.74, 6) is 2.28. The number of nitrogens with zero attached hydrogens (tertiary/aromatic N) is 4. The Labute approximate surface area is 169 Å². The minimum Gasteiger partial charge on any atom is -0.337 e. The molecule has 0 N–H and O–H groups in total. The first-order valence-electron chi connectivity index (χ1n) is 11.8. The van der Waals surface area contributed by atoms with Crippen LogP contribution in [0.4, 0.5) is 0 Å². The summed E-state index contributed by atoms with van der Waals surface area (Å²) in [6, 6.07) is 0. The highest BCUT2D eigenvalue weighted by atomic mass is 16.2. The summed E-state index contributed by atoms with van der Waals surface area (Å²) in [6.07, 6.45) is 16.4. The lowest BCUT2D eigenvalue weighted by Crippen LogP contribution is -2.42. The van der Waals surface area contributed by atoms with Gasteiger partial charge in [-0.1, -0.05) is 25.7 Å². The van der Waals surface area contributed by atoms with Gasteiger partial charge in [0.2, 0.25) is 0 Å². The van der Waals surface area contributed by atoms with Crippen molar-refractivity contribution in [1.82, 2.24) is 19.4 Å². The number of aromatic nitrogens is 2. The molecule has 4 aliphatic rings. The molecule has 1 spiro atoms. The molecule has 1 aliphatic carbocycles. The Morgan fingerprint density at radius 3 is 2.61 bits per heavy atom. The number of hydrogen-bond donors (Lipinski definition) is 0. The van der Waals surface area contributed by atoms with Gasteiger partial charge in [-0.3, -0.25) is 4.79 Å². The van der Waals surface area contributed by atoms with Gasteiger partial charge in [0.1, 0.15) is 11.5 Å². The smallest absolute Gasteiger partial charge is 0.274 e. The van der Waals surface area contributed by atoms with Crippen LogP contribution in [0.2, 0.25) is 0 Å². The third kappa shape index (κ3) is 3.74. The van der Waals surface area contributed by atoms with Gasteiger partial charge >= 0.3 is 0 Å². The number of carbonyl (C=O) groups is 1. The van der Waals surface area contributed by atoms with Crippen LogP contribution < -0.4 is 0 Å². The molecule has 1 aromatic heterocycles. The normalized spacial score (nSPS) is 25.5. The molecule has 0 radical (unpaired) electrons. The molecule has 3 aliphatic heterocycles. The fraction of sp³-hybridized carbons (Fsp3) is 0.826. The Kier molecular flexibility index (Phi) is 5.20. The fourth-order valence-corrected chi connectivity index (χ4v) is 6.11. The van der Waals surface area contributed by atoms with E-state index in [1.807, 2.05) is 6.20 Å². The van der Waals surface area contributed by atoms with Crippen LogP contribution in [0.15, 0.2) is 6.20 Å². The molecular weight excluding hydrogens is 348 g/mol. The zero-order chi connectivity index (χ0) is 19.0. The summed E-state index contributed by atoms with van der Waals surface area (Å²) in [7, 11) is 0. The van der Waals surface area contributed by atoms with Gasteiger partial charge in [0.25, 0.3) is 5.91 Å². The SMILES string of the molecule is O=C(c1cn2c(n1)CCCC2)N1CCC2(CCN(CCC3CCCC3)CC2)C1. The molecule has 3 fully saturated rings. The van der Waals surface area contributed by atoms with Crippen molar-refractivity contribution in [2.45, 2.75) is 77.2 Å². The molecule has 1 saturated carbocycles. The Balaban J connectivity index is 1.13. The minimum atomic E-state index is 0.169. The van der Waals surface area contributed by atoms with Crippen LogP contribution in [0, 0.1) is 11.3 Å². The highest BCUT2D eigenvalue weighted by Gasteiger charge is 2.42. The summed E-state index contributed by atoms with van der Waals surface area (Å²) in [6.45, 7) is 6.65. The van der Waals surface area contributed by atoms with Gasteiger partial charge in [0.15, 0.2) is 0 Å². The fourth-order valence-electron chi connectivity index (χ4n) is 6.11. The standard InChI is InChI=1S/C23H36N4O/c28-22(20-17-26-12-4-3-7-21(26)24-20)27-16-11-23(18-27)9-14-25(15-10-23)13-8-19-5-1-2-6-19/h17,19H,1-16,18H2. The maximum atomic E-state index is 13.0. The van der Waals surface area contributed by atoms with Gasteiger partial charge in [-0.2, -0.15) is 0 Å². The summed E-state index contributed by atoms with van der Waals surface area (Å²) in [4.78, 5) is 22.5. The average Bonchev–Trinajstić information content (AvgIpc) is 3.47. The van der Waals surface area contributed by atoms with Gasteiger partial charge in [0, 0.05) is 32.3 Å². The van der Waals surface area contributed by atoms with Crippen molar-refractivity contribution in [2.75, 3.05) is 32.7 Å². The first-order valence-corrected chi connectivity index (χ1v) is 11.8. The highest BCUT2D eigenvalue weighted by Crippen LogP contribution is 2.41. The number of hydrogen-bond acceptors (Lipinski definition) is 3. The maximum Gasteiger partial charge on any atom is 0.274 e. The Hall–Kier alpha value is -1.36. The maximum absolute atomic E-state index is 13.0. The van der Waals surface area contributed by atoms with Crippen LogP contribution in [0.25, 0.3) is 0 Å². The average molecular weight is 385 g/mol. The largest absolute Gasteiger partial charge is 0.337 e. The van der Waals surface area contributed by atoms with Crippen LogP contribution in [0.1, 0.15) is 80.5 Å². The molecule has 0 unspecified atom stereocenters. The monoisotopic (exact) mass is 384 g/mol. The van der Waals surface area contributed by atoms with E-state index in [2.05, 4.69) is 19.4 Å². The van der Waals surface area contributed by atoms with E-state index in [1.165, 1.54) is 83.8 Å². The van der Waals surface area contributed by atoms with Crippen LogP contribution >= 0.6 is 0 Å². The second-order valence-corrected chi connectivity index (χ2v) is 9.95. The Morgan fingerprint density at radius 1 is 1.04 bits per heavy atom. The molecule has 1 aromatic rings. The lowest BCUT2D eigenvalue weighted by atomic mass is 9.77. The zero-order valence-corrected chi connectivity index (χ0v) is 17.4. The molecule has 154 valence electrons. The van der Waals surface area contributed by atoms with E-state index < -0.39 is 0 Å². The van der Waals surface area contributed by atoms with Crippen molar-refractivity contribution in [1.29, 1.82) is 0 Å². The predicted octanol–water partition coefficient (Wildman–Crippen LogP) is 3.73. The number of piperidine rings is 1. The van der Waals surface area contributed by atoms with Crippen LogP contribution in [-0.4, -0.2) is 58.0 Å². The molecule has 1 amide bonds. The van der Waals surface area contributed by atoms with E-state index in [0.29, 0.717) is 11.1 Å². The van der Waals surface area contributed by atoms with Gasteiger partial charge in [-0.15, -0.1) is 0 Å². The topological polar surface area (TPSA) is 41.4 Å². The zero-order valence-electron chi connectivity index (χ0n) is 17.4. The minimum absolute atomic E-state index is 0.169. The molecule has 28 heavy (non-hydrogen) atoms. The molecule has 0 aromatic carbocycles. The predicted molar refractivity (Wildman–Crippen MR) is 110 cm³/mol. The molecular formula is C23H36N4O. The number of rotatable bonds is 4. The van der Waals surface area contributed by atoms with Crippen molar-refractivity contribution < 1.29 is 4.79 Å². The lowest BCUT2D eigenvalue weighted by Gasteiger charge is -2.39.